The molecule has 0 spiro atoms. The molecule has 0 atom stereocenters. The molecule has 4 rings (SSSR count). The normalized spacial score (nSPS) is 22.3. The molecule has 1 amide bonds. The van der Waals surface area contributed by atoms with Gasteiger partial charge < -0.3 is 9.64 Å². The van der Waals surface area contributed by atoms with Crippen molar-refractivity contribution in [3.05, 3.63) is 34.4 Å². The molecule has 26 heavy (non-hydrogen) atoms. The van der Waals surface area contributed by atoms with E-state index in [0.29, 0.717) is 23.4 Å². The summed E-state index contributed by atoms with van der Waals surface area (Å²) >= 11 is 6.58. The van der Waals surface area contributed by atoms with Gasteiger partial charge in [0.2, 0.25) is 6.41 Å². The lowest BCUT2D eigenvalue weighted by atomic mass is 10.0. The van der Waals surface area contributed by atoms with Gasteiger partial charge in [-0.15, -0.1) is 0 Å². The van der Waals surface area contributed by atoms with E-state index in [-0.39, 0.29) is 0 Å². The molecule has 2 saturated heterocycles. The maximum absolute atomic E-state index is 10.6. The van der Waals surface area contributed by atoms with Crippen molar-refractivity contribution in [3.8, 4) is 0 Å². The van der Waals surface area contributed by atoms with E-state index in [1.54, 1.807) is 6.21 Å². The van der Waals surface area contributed by atoms with E-state index < -0.39 is 0 Å². The van der Waals surface area contributed by atoms with Crippen LogP contribution in [0.4, 0.5) is 5.69 Å². The largest absolute Gasteiger partial charge is 0.378 e. The highest BCUT2D eigenvalue weighted by Gasteiger charge is 2.29. The standard InChI is InChI=1S/C20H24ClN3O2/c21-19-9-17(11-22-14-25)16(4-3-15-1-2-15)10-20(19)24-7-5-23(6-8-24)18-12-26-13-18/h3-4,9-11,14-15,18H,1-2,5-8,12-13H2/b4-3+,22-11-. The highest BCUT2D eigenvalue weighted by atomic mass is 35.5. The molecule has 0 aromatic heterocycles. The topological polar surface area (TPSA) is 45.1 Å². The molecule has 5 nitrogen and oxygen atoms in total. The molecule has 2 aliphatic heterocycles. The Bertz CT molecular complexity index is 718. The molecule has 6 heteroatoms. The number of carbonyl (C=O) groups excluding carboxylic acids is 1. The number of ether oxygens (including phenoxy) is 1. The Balaban J connectivity index is 1.54. The summed E-state index contributed by atoms with van der Waals surface area (Å²) in [5.41, 5.74) is 3.01. The molecule has 3 aliphatic rings. The first-order valence-corrected chi connectivity index (χ1v) is 9.67. The predicted octanol–water partition coefficient (Wildman–Crippen LogP) is 2.86. The minimum atomic E-state index is 0.555. The zero-order valence-electron chi connectivity index (χ0n) is 14.8. The number of hydrogen-bond donors (Lipinski definition) is 0. The highest BCUT2D eigenvalue weighted by molar-refractivity contribution is 6.33. The summed E-state index contributed by atoms with van der Waals surface area (Å²) in [4.78, 5) is 19.2. The third kappa shape index (κ3) is 4.00. The molecule has 0 N–H and O–H groups in total. The average molecular weight is 374 g/mol. The third-order valence-corrected chi connectivity index (χ3v) is 5.69. The van der Waals surface area contributed by atoms with Gasteiger partial charge in [0.05, 0.1) is 30.0 Å². The Kier molecular flexibility index (Phi) is 5.38. The van der Waals surface area contributed by atoms with Gasteiger partial charge in [0.15, 0.2) is 0 Å². The lowest BCUT2D eigenvalue weighted by Gasteiger charge is -2.43. The number of anilines is 1. The second-order valence-electron chi connectivity index (χ2n) is 7.23. The van der Waals surface area contributed by atoms with Crippen LogP contribution in [0.5, 0.6) is 0 Å². The van der Waals surface area contributed by atoms with Gasteiger partial charge >= 0.3 is 0 Å². The summed E-state index contributed by atoms with van der Waals surface area (Å²) in [6, 6.07) is 4.64. The van der Waals surface area contributed by atoms with Crippen LogP contribution in [0.15, 0.2) is 23.2 Å². The Hall–Kier alpha value is -1.69. The van der Waals surface area contributed by atoms with E-state index >= 15 is 0 Å². The van der Waals surface area contributed by atoms with Crippen LogP contribution in [0.25, 0.3) is 6.08 Å². The van der Waals surface area contributed by atoms with E-state index in [1.807, 2.05) is 6.07 Å². The van der Waals surface area contributed by atoms with Crippen molar-refractivity contribution in [2.24, 2.45) is 10.9 Å². The van der Waals surface area contributed by atoms with Crippen LogP contribution in [0.2, 0.25) is 5.02 Å². The van der Waals surface area contributed by atoms with Crippen LogP contribution < -0.4 is 4.90 Å². The second kappa shape index (κ2) is 7.91. The second-order valence-corrected chi connectivity index (χ2v) is 7.63. The first-order valence-electron chi connectivity index (χ1n) is 9.30. The summed E-state index contributed by atoms with van der Waals surface area (Å²) in [7, 11) is 0. The Morgan fingerprint density at radius 1 is 1.12 bits per heavy atom. The molecular formula is C20H24ClN3O2. The number of carbonyl (C=O) groups is 1. The minimum Gasteiger partial charge on any atom is -0.378 e. The van der Waals surface area contributed by atoms with Crippen molar-refractivity contribution in [2.75, 3.05) is 44.3 Å². The molecule has 2 heterocycles. The summed E-state index contributed by atoms with van der Waals surface area (Å²) < 4.78 is 5.31. The number of amides is 1. The van der Waals surface area contributed by atoms with Crippen molar-refractivity contribution in [2.45, 2.75) is 18.9 Å². The van der Waals surface area contributed by atoms with Gasteiger partial charge in [0.25, 0.3) is 0 Å². The van der Waals surface area contributed by atoms with Crippen molar-refractivity contribution < 1.29 is 9.53 Å². The van der Waals surface area contributed by atoms with Crippen LogP contribution in [0.3, 0.4) is 0 Å². The molecule has 1 aromatic carbocycles. The van der Waals surface area contributed by atoms with Crippen LogP contribution >= 0.6 is 11.6 Å². The zero-order chi connectivity index (χ0) is 17.9. The Labute approximate surface area is 159 Å². The van der Waals surface area contributed by atoms with E-state index in [2.05, 4.69) is 33.0 Å². The first-order chi connectivity index (χ1) is 12.7. The fourth-order valence-electron chi connectivity index (χ4n) is 3.49. The van der Waals surface area contributed by atoms with E-state index in [4.69, 9.17) is 16.3 Å². The van der Waals surface area contributed by atoms with Gasteiger partial charge in [0, 0.05) is 38.0 Å². The van der Waals surface area contributed by atoms with Crippen molar-refractivity contribution in [1.82, 2.24) is 4.90 Å². The highest BCUT2D eigenvalue weighted by Crippen LogP contribution is 2.34. The maximum Gasteiger partial charge on any atom is 0.232 e. The molecule has 138 valence electrons. The Morgan fingerprint density at radius 2 is 1.88 bits per heavy atom. The molecule has 0 bridgehead atoms. The smallest absolute Gasteiger partial charge is 0.232 e. The number of allylic oxidation sites excluding steroid dienone is 1. The lowest BCUT2D eigenvalue weighted by Crippen LogP contribution is -2.56. The molecule has 0 radical (unpaired) electrons. The lowest BCUT2D eigenvalue weighted by molar-refractivity contribution is -0.106. The molecule has 3 fully saturated rings. The van der Waals surface area contributed by atoms with Gasteiger partial charge in [-0.25, -0.2) is 4.99 Å². The number of halogens is 1. The van der Waals surface area contributed by atoms with Gasteiger partial charge in [-0.3, -0.25) is 9.69 Å². The summed E-state index contributed by atoms with van der Waals surface area (Å²) in [5.74, 6) is 0.693. The van der Waals surface area contributed by atoms with Crippen molar-refractivity contribution >= 4 is 36.0 Å². The third-order valence-electron chi connectivity index (χ3n) is 5.39. The monoisotopic (exact) mass is 373 g/mol. The number of aliphatic imine (C=N–C) groups is 1. The fraction of sp³-hybridized carbons (Fsp3) is 0.500. The average Bonchev–Trinajstić information content (AvgIpc) is 3.43. The number of hydrogen-bond acceptors (Lipinski definition) is 4. The van der Waals surface area contributed by atoms with Crippen molar-refractivity contribution in [3.63, 3.8) is 0 Å². The molecule has 1 aromatic rings. The molecule has 0 unspecified atom stereocenters. The van der Waals surface area contributed by atoms with Crippen LogP contribution in [-0.2, 0) is 9.53 Å². The number of nitrogens with zero attached hydrogens (tertiary/aromatic N) is 3. The van der Waals surface area contributed by atoms with E-state index in [0.717, 1.165) is 56.2 Å². The number of piperazine rings is 1. The molecular weight excluding hydrogens is 350 g/mol. The summed E-state index contributed by atoms with van der Waals surface area (Å²) in [6.07, 6.45) is 9.07. The van der Waals surface area contributed by atoms with Crippen LogP contribution in [-0.4, -0.2) is 63.0 Å². The van der Waals surface area contributed by atoms with Crippen LogP contribution in [0.1, 0.15) is 24.0 Å². The molecule has 1 aliphatic carbocycles. The summed E-state index contributed by atoms with van der Waals surface area (Å²) in [5, 5.41) is 0.710. The number of benzene rings is 1. The van der Waals surface area contributed by atoms with Crippen LogP contribution in [0, 0.1) is 5.92 Å². The Morgan fingerprint density at radius 3 is 2.50 bits per heavy atom. The van der Waals surface area contributed by atoms with Gasteiger partial charge in [-0.1, -0.05) is 23.8 Å². The first kappa shape index (κ1) is 17.7. The van der Waals surface area contributed by atoms with Crippen molar-refractivity contribution in [1.29, 1.82) is 0 Å². The van der Waals surface area contributed by atoms with E-state index in [9.17, 15) is 4.79 Å². The van der Waals surface area contributed by atoms with Gasteiger partial charge in [0.1, 0.15) is 0 Å². The zero-order valence-corrected chi connectivity index (χ0v) is 15.6. The molecule has 1 saturated carbocycles. The van der Waals surface area contributed by atoms with Gasteiger partial charge in [-0.2, -0.15) is 0 Å². The maximum atomic E-state index is 10.6. The summed E-state index contributed by atoms with van der Waals surface area (Å²) in [6.45, 7) is 5.72. The van der Waals surface area contributed by atoms with E-state index in [1.165, 1.54) is 12.8 Å². The fourth-order valence-corrected chi connectivity index (χ4v) is 3.78. The quantitative estimate of drug-likeness (QED) is 0.568. The SMILES string of the molecule is O=C/N=C\c1cc(Cl)c(N2CCN(C3COC3)CC2)cc1/C=C/C1CC1. The minimum absolute atomic E-state index is 0.555. The van der Waals surface area contributed by atoms with Gasteiger partial charge in [-0.05, 0) is 36.5 Å². The predicted molar refractivity (Wildman–Crippen MR) is 105 cm³/mol. The number of rotatable bonds is 6.